The summed E-state index contributed by atoms with van der Waals surface area (Å²) in [4.78, 5) is 13.7. The second-order valence-electron chi connectivity index (χ2n) is 8.88. The smallest absolute Gasteiger partial charge is 0.163 e. The van der Waals surface area contributed by atoms with Crippen LogP contribution < -0.4 is 20.1 Å². The highest BCUT2D eigenvalue weighted by atomic mass is 16.5. The molecule has 0 aromatic heterocycles. The Morgan fingerprint density at radius 1 is 0.853 bits per heavy atom. The molecule has 0 radical (unpaired) electrons. The average Bonchev–Trinajstić information content (AvgIpc) is 3.05. The van der Waals surface area contributed by atoms with Crippen LogP contribution in [0.2, 0.25) is 0 Å². The van der Waals surface area contributed by atoms with Gasteiger partial charge in [-0.1, -0.05) is 49.4 Å². The minimum absolute atomic E-state index is 0.0620. The summed E-state index contributed by atoms with van der Waals surface area (Å²) in [6.45, 7) is 2.15. The highest BCUT2D eigenvalue weighted by Gasteiger charge is 2.36. The maximum Gasteiger partial charge on any atom is 0.163 e. The molecule has 3 aromatic rings. The predicted octanol–water partition coefficient (Wildman–Crippen LogP) is 6.25. The van der Waals surface area contributed by atoms with Gasteiger partial charge in [0.1, 0.15) is 0 Å². The molecule has 0 spiro atoms. The first kappa shape index (κ1) is 22.1. The van der Waals surface area contributed by atoms with Crippen molar-refractivity contribution in [2.75, 3.05) is 24.9 Å². The van der Waals surface area contributed by atoms with E-state index in [4.69, 9.17) is 9.47 Å². The minimum Gasteiger partial charge on any atom is -0.493 e. The van der Waals surface area contributed by atoms with Gasteiger partial charge in [0.2, 0.25) is 0 Å². The quantitative estimate of drug-likeness (QED) is 0.477. The molecule has 174 valence electrons. The van der Waals surface area contributed by atoms with Crippen molar-refractivity contribution in [3.8, 4) is 11.5 Å². The molecule has 0 saturated heterocycles. The van der Waals surface area contributed by atoms with Gasteiger partial charge in [-0.25, -0.2) is 0 Å². The number of ketones is 1. The Morgan fingerprint density at radius 3 is 2.26 bits per heavy atom. The lowest BCUT2D eigenvalue weighted by molar-refractivity contribution is -0.116. The van der Waals surface area contributed by atoms with E-state index in [1.807, 2.05) is 30.3 Å². The second-order valence-corrected chi connectivity index (χ2v) is 8.88. The van der Waals surface area contributed by atoms with Gasteiger partial charge in [-0.2, -0.15) is 0 Å². The van der Waals surface area contributed by atoms with Crippen LogP contribution in [-0.4, -0.2) is 20.0 Å². The van der Waals surface area contributed by atoms with Crippen molar-refractivity contribution in [3.05, 3.63) is 94.7 Å². The number of allylic oxidation sites excluding steroid dienone is 1. The molecule has 3 aromatic carbocycles. The van der Waals surface area contributed by atoms with E-state index in [0.29, 0.717) is 17.9 Å². The van der Waals surface area contributed by atoms with E-state index in [-0.39, 0.29) is 17.7 Å². The molecule has 0 bridgehead atoms. The minimum atomic E-state index is -0.198. The van der Waals surface area contributed by atoms with Crippen LogP contribution in [0.15, 0.2) is 78.0 Å². The molecule has 34 heavy (non-hydrogen) atoms. The van der Waals surface area contributed by atoms with Gasteiger partial charge in [0.25, 0.3) is 0 Å². The summed E-state index contributed by atoms with van der Waals surface area (Å²) in [7, 11) is 3.27. The Morgan fingerprint density at radius 2 is 1.56 bits per heavy atom. The van der Waals surface area contributed by atoms with E-state index >= 15 is 0 Å². The van der Waals surface area contributed by atoms with Crippen LogP contribution in [0.1, 0.15) is 48.4 Å². The third-order valence-electron chi connectivity index (χ3n) is 6.91. The van der Waals surface area contributed by atoms with Gasteiger partial charge in [-0.05, 0) is 59.7 Å². The van der Waals surface area contributed by atoms with Crippen molar-refractivity contribution >= 4 is 17.2 Å². The molecule has 1 heterocycles. The third-order valence-corrected chi connectivity index (χ3v) is 6.91. The number of anilines is 2. The van der Waals surface area contributed by atoms with Crippen molar-refractivity contribution in [1.29, 1.82) is 0 Å². The number of ether oxygens (including phenoxy) is 2. The molecule has 2 unspecified atom stereocenters. The van der Waals surface area contributed by atoms with Crippen molar-refractivity contribution < 1.29 is 14.3 Å². The lowest BCUT2D eigenvalue weighted by atomic mass is 9.78. The van der Waals surface area contributed by atoms with E-state index < -0.39 is 0 Å². The number of nitrogens with one attached hydrogen (secondary N) is 2. The zero-order valence-electron chi connectivity index (χ0n) is 19.9. The number of hydrogen-bond donors (Lipinski definition) is 2. The molecule has 2 atom stereocenters. The first-order valence-corrected chi connectivity index (χ1v) is 11.8. The van der Waals surface area contributed by atoms with E-state index in [1.165, 1.54) is 5.56 Å². The first-order chi connectivity index (χ1) is 16.6. The third kappa shape index (κ3) is 4.03. The van der Waals surface area contributed by atoms with Gasteiger partial charge < -0.3 is 20.1 Å². The largest absolute Gasteiger partial charge is 0.493 e. The second kappa shape index (κ2) is 9.26. The molecular weight excluding hydrogens is 424 g/mol. The Kier molecular flexibility index (Phi) is 6.01. The maximum absolute atomic E-state index is 13.7. The molecule has 2 aliphatic rings. The van der Waals surface area contributed by atoms with Gasteiger partial charge >= 0.3 is 0 Å². The van der Waals surface area contributed by atoms with E-state index in [2.05, 4.69) is 54.0 Å². The molecule has 0 fully saturated rings. The summed E-state index contributed by atoms with van der Waals surface area (Å²) in [5, 5.41) is 7.26. The number of fused-ring (bicyclic) bond motifs is 1. The van der Waals surface area contributed by atoms with Gasteiger partial charge in [0.15, 0.2) is 17.3 Å². The molecule has 1 aliphatic carbocycles. The molecule has 2 N–H and O–H groups in total. The van der Waals surface area contributed by atoms with Gasteiger partial charge in [-0.15, -0.1) is 0 Å². The molecule has 1 aliphatic heterocycles. The number of aryl methyl sites for hydroxylation is 1. The van der Waals surface area contributed by atoms with Gasteiger partial charge in [0, 0.05) is 17.7 Å². The van der Waals surface area contributed by atoms with Crippen LogP contribution in [0.3, 0.4) is 0 Å². The van der Waals surface area contributed by atoms with Crippen LogP contribution in [-0.2, 0) is 11.2 Å². The van der Waals surface area contributed by atoms with Crippen molar-refractivity contribution in [1.82, 2.24) is 0 Å². The fraction of sp³-hybridized carbons (Fsp3) is 0.276. The van der Waals surface area contributed by atoms with Crippen molar-refractivity contribution in [2.24, 2.45) is 0 Å². The number of methoxy groups -OCH3 is 2. The monoisotopic (exact) mass is 454 g/mol. The average molecular weight is 455 g/mol. The zero-order chi connectivity index (χ0) is 23.7. The number of para-hydroxylation sites is 2. The highest BCUT2D eigenvalue weighted by molar-refractivity contribution is 6.01. The van der Waals surface area contributed by atoms with Crippen molar-refractivity contribution in [2.45, 2.75) is 38.1 Å². The molecule has 0 amide bonds. The Labute approximate surface area is 200 Å². The Balaban J connectivity index is 1.56. The number of benzene rings is 3. The Hall–Kier alpha value is -3.73. The molecule has 5 nitrogen and oxygen atoms in total. The topological polar surface area (TPSA) is 59.6 Å². The van der Waals surface area contributed by atoms with E-state index in [9.17, 15) is 4.79 Å². The number of carbonyl (C=O) groups is 1. The number of rotatable bonds is 5. The maximum atomic E-state index is 13.7. The SMILES string of the molecule is CCc1ccc(C2Nc3ccccc3NC3=C2C(=O)CC(c2ccc(OC)c(OC)c2)C3)cc1. The molecular formula is C29H30N2O3. The van der Waals surface area contributed by atoms with Crippen molar-refractivity contribution in [3.63, 3.8) is 0 Å². The summed E-state index contributed by atoms with van der Waals surface area (Å²) < 4.78 is 10.9. The van der Waals surface area contributed by atoms with E-state index in [0.717, 1.165) is 46.6 Å². The summed E-state index contributed by atoms with van der Waals surface area (Å²) in [6.07, 6.45) is 2.19. The normalized spacial score (nSPS) is 19.3. The molecule has 5 rings (SSSR count). The number of carbonyl (C=O) groups excluding carboxylic acids is 1. The summed E-state index contributed by atoms with van der Waals surface area (Å²) in [5.41, 5.74) is 7.26. The summed E-state index contributed by atoms with van der Waals surface area (Å²) >= 11 is 0. The number of hydrogen-bond acceptors (Lipinski definition) is 5. The lowest BCUT2D eigenvalue weighted by Crippen LogP contribution is -2.26. The summed E-state index contributed by atoms with van der Waals surface area (Å²) in [5.74, 6) is 1.60. The predicted molar refractivity (Wildman–Crippen MR) is 136 cm³/mol. The Bertz CT molecular complexity index is 1250. The number of Topliss-reactive ketones (excluding diaryl/α,β-unsaturated/α-hetero) is 1. The van der Waals surface area contributed by atoms with Gasteiger partial charge in [0.05, 0.1) is 31.6 Å². The fourth-order valence-electron chi connectivity index (χ4n) is 5.03. The standard InChI is InChI=1S/C29H30N2O3/c1-4-18-9-11-19(12-10-18)29-28-24(30-22-7-5-6-8-23(22)31-29)15-21(16-25(28)32)20-13-14-26(33-2)27(17-20)34-3/h5-14,17,21,29-31H,4,15-16H2,1-3H3. The van der Waals surface area contributed by atoms with Crippen LogP contribution in [0.5, 0.6) is 11.5 Å². The van der Waals surface area contributed by atoms with E-state index in [1.54, 1.807) is 14.2 Å². The molecule has 0 saturated carbocycles. The van der Waals surface area contributed by atoms with Crippen LogP contribution in [0.4, 0.5) is 11.4 Å². The van der Waals surface area contributed by atoms with Crippen LogP contribution >= 0.6 is 0 Å². The van der Waals surface area contributed by atoms with Gasteiger partial charge in [-0.3, -0.25) is 4.79 Å². The fourth-order valence-corrected chi connectivity index (χ4v) is 5.03. The van der Waals surface area contributed by atoms with Crippen LogP contribution in [0.25, 0.3) is 0 Å². The lowest BCUT2D eigenvalue weighted by Gasteiger charge is -2.30. The molecule has 5 heteroatoms. The van der Waals surface area contributed by atoms with Crippen LogP contribution in [0, 0.1) is 0 Å². The summed E-state index contributed by atoms with van der Waals surface area (Å²) in [6, 6.07) is 22.5. The first-order valence-electron chi connectivity index (χ1n) is 11.8. The zero-order valence-corrected chi connectivity index (χ0v) is 19.9. The highest BCUT2D eigenvalue weighted by Crippen LogP contribution is 2.45.